The average Bonchev–Trinajstić information content (AvgIpc) is 1.93. The van der Waals surface area contributed by atoms with Crippen LogP contribution in [-0.4, -0.2) is 42.9 Å². The molecule has 0 unspecified atom stereocenters. The molecule has 0 aromatic carbocycles. The lowest BCUT2D eigenvalue weighted by molar-refractivity contribution is -0.135. The van der Waals surface area contributed by atoms with E-state index in [1.54, 1.807) is 0 Å². The van der Waals surface area contributed by atoms with Gasteiger partial charge in [-0.1, -0.05) is 0 Å². The molecule has 1 aliphatic heterocycles. The molecule has 12 heavy (non-hydrogen) atoms. The SMILES string of the molecule is Cl.NC(=O)CN1CCNCC1=O. The van der Waals surface area contributed by atoms with E-state index in [1.165, 1.54) is 4.90 Å². The monoisotopic (exact) mass is 193 g/mol. The summed E-state index contributed by atoms with van der Waals surface area (Å²) < 4.78 is 0. The number of nitrogens with zero attached hydrogens (tertiary/aromatic N) is 1. The standard InChI is InChI=1S/C6H11N3O2.ClH/c7-5(10)4-9-2-1-8-3-6(9)11;/h8H,1-4H2,(H2,7,10);1H. The second kappa shape index (κ2) is 4.95. The molecule has 0 aromatic heterocycles. The fourth-order valence-electron chi connectivity index (χ4n) is 1.00. The molecular formula is C6H12ClN3O2. The molecule has 1 saturated heterocycles. The fraction of sp³-hybridized carbons (Fsp3) is 0.667. The zero-order valence-corrected chi connectivity index (χ0v) is 7.39. The second-order valence-corrected chi connectivity index (χ2v) is 2.46. The van der Waals surface area contributed by atoms with Gasteiger partial charge in [-0.25, -0.2) is 0 Å². The summed E-state index contributed by atoms with van der Waals surface area (Å²) in [6.45, 7) is 1.66. The summed E-state index contributed by atoms with van der Waals surface area (Å²) in [4.78, 5) is 22.9. The van der Waals surface area contributed by atoms with Gasteiger partial charge in [-0.2, -0.15) is 0 Å². The van der Waals surface area contributed by atoms with Gasteiger partial charge < -0.3 is 16.0 Å². The average molecular weight is 194 g/mol. The molecule has 70 valence electrons. The van der Waals surface area contributed by atoms with E-state index in [0.29, 0.717) is 13.1 Å². The van der Waals surface area contributed by atoms with Crippen molar-refractivity contribution in [2.45, 2.75) is 0 Å². The number of primary amides is 1. The normalized spacial score (nSPS) is 17.0. The lowest BCUT2D eigenvalue weighted by atomic mass is 10.3. The number of carbonyl (C=O) groups is 2. The fourth-order valence-corrected chi connectivity index (χ4v) is 1.00. The molecule has 0 aliphatic carbocycles. The summed E-state index contributed by atoms with van der Waals surface area (Å²) in [5, 5.41) is 2.89. The first-order chi connectivity index (χ1) is 5.20. The Kier molecular flexibility index (Phi) is 4.61. The minimum atomic E-state index is -0.458. The molecule has 0 saturated carbocycles. The van der Waals surface area contributed by atoms with Crippen LogP contribution in [0.3, 0.4) is 0 Å². The first-order valence-corrected chi connectivity index (χ1v) is 3.47. The van der Waals surface area contributed by atoms with Gasteiger partial charge in [0.1, 0.15) is 0 Å². The summed E-state index contributed by atoms with van der Waals surface area (Å²) in [7, 11) is 0. The van der Waals surface area contributed by atoms with Crippen molar-refractivity contribution in [3.63, 3.8) is 0 Å². The number of nitrogens with one attached hydrogen (secondary N) is 1. The first kappa shape index (κ1) is 11.2. The van der Waals surface area contributed by atoms with Crippen LogP contribution in [0.25, 0.3) is 0 Å². The van der Waals surface area contributed by atoms with E-state index < -0.39 is 5.91 Å². The molecule has 1 aliphatic rings. The van der Waals surface area contributed by atoms with E-state index in [2.05, 4.69) is 5.32 Å². The van der Waals surface area contributed by atoms with Crippen molar-refractivity contribution >= 4 is 24.2 Å². The molecule has 0 atom stereocenters. The molecule has 3 N–H and O–H groups in total. The van der Waals surface area contributed by atoms with Crippen LogP contribution in [0.4, 0.5) is 0 Å². The van der Waals surface area contributed by atoms with Crippen LogP contribution >= 0.6 is 12.4 Å². The molecule has 5 nitrogen and oxygen atoms in total. The molecule has 0 aromatic rings. The predicted octanol–water partition coefficient (Wildman–Crippen LogP) is -1.67. The van der Waals surface area contributed by atoms with Gasteiger partial charge in [0, 0.05) is 13.1 Å². The third-order valence-corrected chi connectivity index (χ3v) is 1.53. The van der Waals surface area contributed by atoms with E-state index in [4.69, 9.17) is 5.73 Å². The van der Waals surface area contributed by atoms with Gasteiger partial charge in [-0.15, -0.1) is 12.4 Å². The predicted molar refractivity (Wildman–Crippen MR) is 45.9 cm³/mol. The Morgan fingerprint density at radius 2 is 2.33 bits per heavy atom. The number of hydrogen-bond acceptors (Lipinski definition) is 3. The molecule has 0 bridgehead atoms. The van der Waals surface area contributed by atoms with Crippen molar-refractivity contribution in [1.29, 1.82) is 0 Å². The van der Waals surface area contributed by atoms with Crippen molar-refractivity contribution in [2.24, 2.45) is 5.73 Å². The zero-order valence-electron chi connectivity index (χ0n) is 6.58. The molecule has 0 radical (unpaired) electrons. The molecule has 1 rings (SSSR count). The number of hydrogen-bond donors (Lipinski definition) is 2. The summed E-state index contributed by atoms with van der Waals surface area (Å²) in [5.74, 6) is -0.518. The Hall–Kier alpha value is -0.810. The third-order valence-electron chi connectivity index (χ3n) is 1.53. The molecule has 2 amide bonds. The van der Waals surface area contributed by atoms with Gasteiger partial charge in [-0.05, 0) is 0 Å². The maximum absolute atomic E-state index is 11.0. The van der Waals surface area contributed by atoms with Crippen molar-refractivity contribution in [1.82, 2.24) is 10.2 Å². The highest BCUT2D eigenvalue weighted by Crippen LogP contribution is 1.92. The van der Waals surface area contributed by atoms with Crippen LogP contribution in [0.1, 0.15) is 0 Å². The van der Waals surface area contributed by atoms with Crippen molar-refractivity contribution in [2.75, 3.05) is 26.2 Å². The molecular weight excluding hydrogens is 182 g/mol. The molecule has 0 spiro atoms. The zero-order chi connectivity index (χ0) is 8.27. The number of piperazine rings is 1. The van der Waals surface area contributed by atoms with Gasteiger partial charge in [-0.3, -0.25) is 9.59 Å². The number of rotatable bonds is 2. The van der Waals surface area contributed by atoms with Gasteiger partial charge in [0.05, 0.1) is 13.1 Å². The van der Waals surface area contributed by atoms with Gasteiger partial charge in [0.15, 0.2) is 0 Å². The van der Waals surface area contributed by atoms with Gasteiger partial charge in [0.2, 0.25) is 11.8 Å². The van der Waals surface area contributed by atoms with Gasteiger partial charge in [0.25, 0.3) is 0 Å². The molecule has 6 heteroatoms. The van der Waals surface area contributed by atoms with Crippen LogP contribution in [0.2, 0.25) is 0 Å². The summed E-state index contributed by atoms with van der Waals surface area (Å²) in [6, 6.07) is 0. The van der Waals surface area contributed by atoms with Crippen LogP contribution in [0, 0.1) is 0 Å². The Labute approximate surface area is 76.7 Å². The molecule has 1 heterocycles. The highest BCUT2D eigenvalue weighted by atomic mass is 35.5. The summed E-state index contributed by atoms with van der Waals surface area (Å²) in [6.07, 6.45) is 0. The Morgan fingerprint density at radius 1 is 1.67 bits per heavy atom. The quantitative estimate of drug-likeness (QED) is 0.551. The lowest BCUT2D eigenvalue weighted by Gasteiger charge is -2.25. The Morgan fingerprint density at radius 3 is 2.83 bits per heavy atom. The minimum Gasteiger partial charge on any atom is -0.368 e. The van der Waals surface area contributed by atoms with Crippen molar-refractivity contribution in [3.05, 3.63) is 0 Å². The molecule has 1 fully saturated rings. The number of halogens is 1. The number of amides is 2. The van der Waals surface area contributed by atoms with Crippen LogP contribution in [-0.2, 0) is 9.59 Å². The smallest absolute Gasteiger partial charge is 0.237 e. The van der Waals surface area contributed by atoms with E-state index in [0.717, 1.165) is 6.54 Å². The number of carbonyl (C=O) groups excluding carboxylic acids is 2. The van der Waals surface area contributed by atoms with Gasteiger partial charge >= 0.3 is 0 Å². The van der Waals surface area contributed by atoms with Crippen molar-refractivity contribution < 1.29 is 9.59 Å². The Balaban J connectivity index is 0.00000121. The largest absolute Gasteiger partial charge is 0.368 e. The maximum atomic E-state index is 11.0. The van der Waals surface area contributed by atoms with Crippen LogP contribution in [0.5, 0.6) is 0 Å². The van der Waals surface area contributed by atoms with E-state index in [1.807, 2.05) is 0 Å². The topological polar surface area (TPSA) is 75.4 Å². The summed E-state index contributed by atoms with van der Waals surface area (Å²) in [5.41, 5.74) is 4.93. The lowest BCUT2D eigenvalue weighted by Crippen LogP contribution is -2.50. The van der Waals surface area contributed by atoms with Crippen LogP contribution < -0.4 is 11.1 Å². The third kappa shape index (κ3) is 3.06. The highest BCUT2D eigenvalue weighted by Gasteiger charge is 2.18. The summed E-state index contributed by atoms with van der Waals surface area (Å²) >= 11 is 0. The van der Waals surface area contributed by atoms with E-state index in [9.17, 15) is 9.59 Å². The van der Waals surface area contributed by atoms with E-state index in [-0.39, 0.29) is 24.9 Å². The first-order valence-electron chi connectivity index (χ1n) is 3.47. The maximum Gasteiger partial charge on any atom is 0.237 e. The minimum absolute atomic E-state index is 0. The van der Waals surface area contributed by atoms with Crippen LogP contribution in [0.15, 0.2) is 0 Å². The second-order valence-electron chi connectivity index (χ2n) is 2.46. The number of nitrogens with two attached hydrogens (primary N) is 1. The van der Waals surface area contributed by atoms with Crippen molar-refractivity contribution in [3.8, 4) is 0 Å². The highest BCUT2D eigenvalue weighted by molar-refractivity contribution is 5.85. The Bertz CT molecular complexity index is 186. The van der Waals surface area contributed by atoms with E-state index >= 15 is 0 Å².